The minimum absolute atomic E-state index is 0.570. The molecule has 1 unspecified atom stereocenters. The topological polar surface area (TPSA) is 46.2 Å². The normalized spacial score (nSPS) is 12.7. The fourth-order valence-corrected chi connectivity index (χ4v) is 2.86. The smallest absolute Gasteiger partial charge is 0.115 e. The van der Waals surface area contributed by atoms with Crippen molar-refractivity contribution >= 4 is 44.6 Å². The lowest BCUT2D eigenvalue weighted by molar-refractivity contribution is 0.225. The minimum atomic E-state index is -0.727. The van der Waals surface area contributed by atoms with Gasteiger partial charge in [-0.25, -0.2) is 0 Å². The third-order valence-electron chi connectivity index (χ3n) is 2.21. The predicted molar refractivity (Wildman–Crippen MR) is 71.9 cm³/mol. The number of anilines is 1. The number of nitrogen functional groups attached to an aromatic ring is 1. The molecule has 0 aliphatic rings. The highest BCUT2D eigenvalue weighted by Gasteiger charge is 2.15. The number of rotatable bonds is 2. The van der Waals surface area contributed by atoms with Crippen molar-refractivity contribution in [3.63, 3.8) is 0 Å². The number of aliphatic hydroxyl groups is 1. The maximum Gasteiger partial charge on any atom is 0.115 e. The molecule has 5 heteroatoms. The summed E-state index contributed by atoms with van der Waals surface area (Å²) in [5.41, 5.74) is 7.08. The van der Waals surface area contributed by atoms with Crippen molar-refractivity contribution in [1.29, 1.82) is 0 Å². The minimum Gasteiger partial charge on any atom is -0.398 e. The second-order valence-corrected chi connectivity index (χ2v) is 5.98. The van der Waals surface area contributed by atoms with Crippen LogP contribution in [0.2, 0.25) is 4.34 Å². The Balaban J connectivity index is 2.40. The van der Waals surface area contributed by atoms with Crippen LogP contribution in [0.3, 0.4) is 0 Å². The monoisotopic (exact) mass is 317 g/mol. The van der Waals surface area contributed by atoms with E-state index in [9.17, 15) is 5.11 Å². The van der Waals surface area contributed by atoms with Crippen LogP contribution in [-0.2, 0) is 0 Å². The van der Waals surface area contributed by atoms with E-state index in [-0.39, 0.29) is 0 Å². The van der Waals surface area contributed by atoms with Gasteiger partial charge in [0.2, 0.25) is 0 Å². The van der Waals surface area contributed by atoms with Crippen LogP contribution in [0.5, 0.6) is 0 Å². The Bertz CT molecular complexity index is 514. The van der Waals surface area contributed by atoms with Gasteiger partial charge in [0.25, 0.3) is 0 Å². The van der Waals surface area contributed by atoms with Crippen LogP contribution in [0.25, 0.3) is 0 Å². The zero-order valence-corrected chi connectivity index (χ0v) is 11.3. The summed E-state index contributed by atoms with van der Waals surface area (Å²) in [7, 11) is 0. The van der Waals surface area contributed by atoms with E-state index in [1.807, 2.05) is 12.1 Å². The predicted octanol–water partition coefficient (Wildman–Crippen LogP) is 3.83. The molecule has 0 saturated carbocycles. The summed E-state index contributed by atoms with van der Waals surface area (Å²) in [4.78, 5) is 0.787. The highest BCUT2D eigenvalue weighted by molar-refractivity contribution is 9.10. The van der Waals surface area contributed by atoms with E-state index in [1.54, 1.807) is 18.2 Å². The molecule has 1 atom stereocenters. The van der Waals surface area contributed by atoms with Crippen LogP contribution in [0, 0.1) is 0 Å². The fraction of sp³-hybridized carbons (Fsp3) is 0.0909. The van der Waals surface area contributed by atoms with E-state index in [0.29, 0.717) is 15.6 Å². The van der Waals surface area contributed by atoms with Crippen molar-refractivity contribution in [2.75, 3.05) is 5.73 Å². The molecule has 1 aromatic heterocycles. The Labute approximate surface area is 111 Å². The van der Waals surface area contributed by atoms with Gasteiger partial charge < -0.3 is 10.8 Å². The molecule has 0 amide bonds. The molecule has 1 heterocycles. The number of nitrogens with two attached hydrogens (primary N) is 1. The van der Waals surface area contributed by atoms with Gasteiger partial charge in [-0.05, 0) is 30.3 Å². The van der Waals surface area contributed by atoms with Crippen LogP contribution in [-0.4, -0.2) is 5.11 Å². The van der Waals surface area contributed by atoms with E-state index in [4.69, 9.17) is 17.3 Å². The summed E-state index contributed by atoms with van der Waals surface area (Å²) in [6.07, 6.45) is -0.727. The number of thiophene rings is 1. The highest BCUT2D eigenvalue weighted by atomic mass is 79.9. The Kier molecular flexibility index (Phi) is 3.54. The van der Waals surface area contributed by atoms with Gasteiger partial charge in [0.15, 0.2) is 0 Å². The first-order valence-corrected chi connectivity index (χ1v) is 6.55. The average molecular weight is 319 g/mol. The molecular weight excluding hydrogens is 310 g/mol. The van der Waals surface area contributed by atoms with Crippen molar-refractivity contribution < 1.29 is 5.11 Å². The van der Waals surface area contributed by atoms with E-state index in [2.05, 4.69) is 15.9 Å². The molecule has 0 bridgehead atoms. The third kappa shape index (κ3) is 2.40. The number of hydrogen-bond acceptors (Lipinski definition) is 3. The molecule has 0 saturated heterocycles. The maximum atomic E-state index is 10.2. The molecule has 2 nitrogen and oxygen atoms in total. The SMILES string of the molecule is Nc1ccc(Br)cc1C(O)c1ccc(Cl)s1. The summed E-state index contributed by atoms with van der Waals surface area (Å²) in [5.74, 6) is 0. The van der Waals surface area contributed by atoms with Crippen molar-refractivity contribution in [3.05, 3.63) is 49.6 Å². The van der Waals surface area contributed by atoms with Gasteiger partial charge in [0, 0.05) is 20.6 Å². The lowest BCUT2D eigenvalue weighted by Crippen LogP contribution is -2.01. The van der Waals surface area contributed by atoms with Crippen molar-refractivity contribution in [3.8, 4) is 0 Å². The van der Waals surface area contributed by atoms with Gasteiger partial charge in [-0.15, -0.1) is 11.3 Å². The zero-order valence-electron chi connectivity index (χ0n) is 8.15. The molecule has 0 radical (unpaired) electrons. The molecule has 2 rings (SSSR count). The molecule has 1 aromatic carbocycles. The van der Waals surface area contributed by atoms with E-state index < -0.39 is 6.10 Å². The second kappa shape index (κ2) is 4.75. The van der Waals surface area contributed by atoms with Crippen molar-refractivity contribution in [2.45, 2.75) is 6.10 Å². The van der Waals surface area contributed by atoms with E-state index >= 15 is 0 Å². The standard InChI is InChI=1S/C11H9BrClNOS/c12-6-1-2-8(14)7(5-6)11(15)9-3-4-10(13)16-9/h1-5,11,15H,14H2. The van der Waals surface area contributed by atoms with Crippen LogP contribution >= 0.6 is 38.9 Å². The van der Waals surface area contributed by atoms with Gasteiger partial charge >= 0.3 is 0 Å². The van der Waals surface area contributed by atoms with E-state index in [1.165, 1.54) is 11.3 Å². The number of hydrogen-bond donors (Lipinski definition) is 2. The molecule has 84 valence electrons. The summed E-state index contributed by atoms with van der Waals surface area (Å²) in [5, 5.41) is 10.2. The summed E-state index contributed by atoms with van der Waals surface area (Å²) in [6, 6.07) is 8.98. The van der Waals surface area contributed by atoms with Gasteiger partial charge in [-0.3, -0.25) is 0 Å². The number of halogens is 2. The lowest BCUT2D eigenvalue weighted by Gasteiger charge is -2.12. The van der Waals surface area contributed by atoms with Crippen molar-refractivity contribution in [1.82, 2.24) is 0 Å². The first kappa shape index (κ1) is 11.9. The Hall–Kier alpha value is -0.550. The Morgan fingerprint density at radius 1 is 1.31 bits per heavy atom. The summed E-state index contributed by atoms with van der Waals surface area (Å²) in [6.45, 7) is 0. The van der Waals surface area contributed by atoms with E-state index in [0.717, 1.165) is 9.35 Å². The molecule has 3 N–H and O–H groups in total. The summed E-state index contributed by atoms with van der Waals surface area (Å²) < 4.78 is 1.54. The fourth-order valence-electron chi connectivity index (χ4n) is 1.41. The molecule has 16 heavy (non-hydrogen) atoms. The van der Waals surface area contributed by atoms with Gasteiger partial charge in [0.05, 0.1) is 4.34 Å². The summed E-state index contributed by atoms with van der Waals surface area (Å²) >= 11 is 10.5. The zero-order chi connectivity index (χ0) is 11.7. The highest BCUT2D eigenvalue weighted by Crippen LogP contribution is 2.34. The first-order chi connectivity index (χ1) is 7.58. The molecule has 0 spiro atoms. The largest absolute Gasteiger partial charge is 0.398 e. The van der Waals surface area contributed by atoms with Crippen LogP contribution < -0.4 is 5.73 Å². The van der Waals surface area contributed by atoms with Gasteiger partial charge in [-0.1, -0.05) is 27.5 Å². The van der Waals surface area contributed by atoms with Gasteiger partial charge in [-0.2, -0.15) is 0 Å². The molecule has 0 fully saturated rings. The molecule has 0 aliphatic heterocycles. The second-order valence-electron chi connectivity index (χ2n) is 3.32. The Morgan fingerprint density at radius 2 is 2.06 bits per heavy atom. The quantitative estimate of drug-likeness (QED) is 0.827. The van der Waals surface area contributed by atoms with Gasteiger partial charge in [0.1, 0.15) is 6.10 Å². The molecule has 0 aliphatic carbocycles. The average Bonchev–Trinajstić information content (AvgIpc) is 2.67. The lowest BCUT2D eigenvalue weighted by atomic mass is 10.1. The van der Waals surface area contributed by atoms with Crippen LogP contribution in [0.4, 0.5) is 5.69 Å². The van der Waals surface area contributed by atoms with Crippen LogP contribution in [0.1, 0.15) is 16.5 Å². The number of aliphatic hydroxyl groups excluding tert-OH is 1. The van der Waals surface area contributed by atoms with Crippen molar-refractivity contribution in [2.24, 2.45) is 0 Å². The Morgan fingerprint density at radius 3 is 2.69 bits per heavy atom. The third-order valence-corrected chi connectivity index (χ3v) is 3.98. The molecular formula is C11H9BrClNOS. The van der Waals surface area contributed by atoms with Crippen LogP contribution in [0.15, 0.2) is 34.8 Å². The first-order valence-electron chi connectivity index (χ1n) is 4.56. The number of benzene rings is 1. The molecule has 2 aromatic rings. The maximum absolute atomic E-state index is 10.2.